The molecule has 1 saturated heterocycles. The summed E-state index contributed by atoms with van der Waals surface area (Å²) in [6.45, 7) is 4.03. The van der Waals surface area contributed by atoms with E-state index in [4.69, 9.17) is 27.6 Å². The van der Waals surface area contributed by atoms with Gasteiger partial charge < -0.3 is 9.73 Å². The first-order valence-electron chi connectivity index (χ1n) is 8.81. The van der Waals surface area contributed by atoms with Crippen LogP contribution < -0.4 is 5.32 Å². The van der Waals surface area contributed by atoms with Crippen LogP contribution in [-0.2, 0) is 4.79 Å². The lowest BCUT2D eigenvalue weighted by Gasteiger charge is -2.02. The second kappa shape index (κ2) is 8.11. The molecule has 4 nitrogen and oxygen atoms in total. The van der Waals surface area contributed by atoms with Gasteiger partial charge in [0.2, 0.25) is 0 Å². The van der Waals surface area contributed by atoms with E-state index in [0.29, 0.717) is 37.2 Å². The summed E-state index contributed by atoms with van der Waals surface area (Å²) in [7, 11) is 0. The maximum atomic E-state index is 12.3. The van der Waals surface area contributed by atoms with E-state index in [2.05, 4.69) is 16.4 Å². The summed E-state index contributed by atoms with van der Waals surface area (Å²) in [5, 5.41) is 4.44. The zero-order valence-electron chi connectivity index (χ0n) is 15.6. The van der Waals surface area contributed by atoms with E-state index in [9.17, 15) is 4.79 Å². The summed E-state index contributed by atoms with van der Waals surface area (Å²) in [5.41, 5.74) is 3.75. The summed E-state index contributed by atoms with van der Waals surface area (Å²) >= 11 is 13.6. The van der Waals surface area contributed by atoms with Crippen molar-refractivity contribution in [2.24, 2.45) is 4.99 Å². The zero-order valence-corrected chi connectivity index (χ0v) is 18.0. The highest BCUT2D eigenvalue weighted by Crippen LogP contribution is 2.34. The van der Waals surface area contributed by atoms with Gasteiger partial charge >= 0.3 is 0 Å². The van der Waals surface area contributed by atoms with E-state index in [0.717, 1.165) is 11.3 Å². The zero-order chi connectivity index (χ0) is 20.5. The Labute approximate surface area is 182 Å². The van der Waals surface area contributed by atoms with E-state index in [-0.39, 0.29) is 5.91 Å². The molecule has 0 aliphatic carbocycles. The molecule has 2 aromatic carbocycles. The molecule has 0 atom stereocenters. The second-order valence-electron chi connectivity index (χ2n) is 6.60. The molecule has 146 valence electrons. The molecule has 3 aromatic rings. The van der Waals surface area contributed by atoms with Gasteiger partial charge in [-0.3, -0.25) is 4.79 Å². The molecule has 0 spiro atoms. The number of nitrogens with one attached hydrogen (secondary N) is 1. The summed E-state index contributed by atoms with van der Waals surface area (Å²) in [4.78, 5) is 17.4. The predicted octanol–water partition coefficient (Wildman–Crippen LogP) is 6.76. The Morgan fingerprint density at radius 3 is 2.69 bits per heavy atom. The molecule has 29 heavy (non-hydrogen) atoms. The van der Waals surface area contributed by atoms with E-state index in [1.165, 1.54) is 17.3 Å². The molecule has 0 unspecified atom stereocenters. The number of amides is 1. The van der Waals surface area contributed by atoms with E-state index >= 15 is 0 Å². The van der Waals surface area contributed by atoms with Crippen LogP contribution in [0.15, 0.2) is 62.8 Å². The Kier molecular flexibility index (Phi) is 5.54. The third-order valence-corrected chi connectivity index (χ3v) is 5.79. The van der Waals surface area contributed by atoms with Crippen molar-refractivity contribution in [2.45, 2.75) is 13.8 Å². The van der Waals surface area contributed by atoms with Gasteiger partial charge in [-0.15, -0.1) is 0 Å². The van der Waals surface area contributed by atoms with E-state index < -0.39 is 0 Å². The summed E-state index contributed by atoms with van der Waals surface area (Å²) in [6.07, 6.45) is 1.69. The van der Waals surface area contributed by atoms with Gasteiger partial charge in [0.1, 0.15) is 11.5 Å². The van der Waals surface area contributed by atoms with Crippen molar-refractivity contribution in [3.63, 3.8) is 0 Å². The van der Waals surface area contributed by atoms with Crippen molar-refractivity contribution in [3.8, 4) is 11.3 Å². The maximum absolute atomic E-state index is 12.3. The van der Waals surface area contributed by atoms with Crippen LogP contribution in [0.3, 0.4) is 0 Å². The summed E-state index contributed by atoms with van der Waals surface area (Å²) in [6, 6.07) is 14.8. The first-order valence-corrected chi connectivity index (χ1v) is 10.4. The molecule has 1 N–H and O–H groups in total. The predicted molar refractivity (Wildman–Crippen MR) is 121 cm³/mol. The number of halogens is 2. The highest BCUT2D eigenvalue weighted by atomic mass is 35.5. The average Bonchev–Trinajstić information content (AvgIpc) is 3.27. The van der Waals surface area contributed by atoms with Crippen LogP contribution in [0.1, 0.15) is 16.9 Å². The molecule has 4 rings (SSSR count). The molecule has 1 aromatic heterocycles. The molecular formula is C22H16Cl2N2O2S. The van der Waals surface area contributed by atoms with Crippen LogP contribution >= 0.6 is 35.0 Å². The third-order valence-electron chi connectivity index (χ3n) is 4.32. The first kappa shape index (κ1) is 19.8. The lowest BCUT2D eigenvalue weighted by Crippen LogP contribution is -2.19. The number of carbonyl (C=O) groups excluding carboxylic acids is 1. The number of hydrogen-bond acceptors (Lipinski definition) is 4. The second-order valence-corrected chi connectivity index (χ2v) is 8.47. The standard InChI is InChI=1S/C22H16Cl2N2O2S/c1-12-3-7-18(13(2)9-12)25-22-26-21(27)20(29-22)11-15-5-8-19(28-15)16-10-14(23)4-6-17(16)24/h3-11H,1-2H3,(H,25,26,27)/b20-11+. The smallest absolute Gasteiger partial charge is 0.264 e. The fourth-order valence-corrected chi connectivity index (χ4v) is 4.11. The molecule has 1 aliphatic rings. The van der Waals surface area contributed by atoms with Crippen LogP contribution in [-0.4, -0.2) is 11.1 Å². The van der Waals surface area contributed by atoms with E-state index in [1.54, 1.807) is 36.4 Å². The van der Waals surface area contributed by atoms with Gasteiger partial charge in [0.25, 0.3) is 5.91 Å². The van der Waals surface area contributed by atoms with Gasteiger partial charge in [0.05, 0.1) is 15.6 Å². The molecule has 1 aliphatic heterocycles. The minimum Gasteiger partial charge on any atom is -0.457 e. The molecule has 0 saturated carbocycles. The molecule has 7 heteroatoms. The summed E-state index contributed by atoms with van der Waals surface area (Å²) < 4.78 is 5.85. The third kappa shape index (κ3) is 4.42. The summed E-state index contributed by atoms with van der Waals surface area (Å²) in [5.74, 6) is 0.913. The van der Waals surface area contributed by atoms with Crippen LogP contribution in [0.2, 0.25) is 10.0 Å². The molecule has 0 bridgehead atoms. The highest BCUT2D eigenvalue weighted by Gasteiger charge is 2.24. The first-order chi connectivity index (χ1) is 13.9. The van der Waals surface area contributed by atoms with Gasteiger partial charge in [0.15, 0.2) is 5.17 Å². The minimum absolute atomic E-state index is 0.211. The largest absolute Gasteiger partial charge is 0.457 e. The van der Waals surface area contributed by atoms with Crippen LogP contribution in [0, 0.1) is 13.8 Å². The van der Waals surface area contributed by atoms with Gasteiger partial charge in [-0.25, -0.2) is 4.99 Å². The highest BCUT2D eigenvalue weighted by molar-refractivity contribution is 8.18. The van der Waals surface area contributed by atoms with Gasteiger partial charge in [0, 0.05) is 16.7 Å². The fraction of sp³-hybridized carbons (Fsp3) is 0.0909. The lowest BCUT2D eigenvalue weighted by atomic mass is 10.1. The Balaban J connectivity index is 1.58. The van der Waals surface area contributed by atoms with Crippen molar-refractivity contribution in [1.29, 1.82) is 0 Å². The quantitative estimate of drug-likeness (QED) is 0.455. The average molecular weight is 443 g/mol. The fourth-order valence-electron chi connectivity index (χ4n) is 2.91. The number of hydrogen-bond donors (Lipinski definition) is 1. The number of aliphatic imine (C=N–C) groups is 1. The Hall–Kier alpha value is -2.47. The van der Waals surface area contributed by atoms with Gasteiger partial charge in [-0.2, -0.15) is 0 Å². The minimum atomic E-state index is -0.211. The molecular weight excluding hydrogens is 427 g/mol. The van der Waals surface area contributed by atoms with Crippen molar-refractivity contribution in [2.75, 3.05) is 0 Å². The molecule has 0 radical (unpaired) electrons. The van der Waals surface area contributed by atoms with Gasteiger partial charge in [-0.05, 0) is 67.6 Å². The Morgan fingerprint density at radius 2 is 1.90 bits per heavy atom. The lowest BCUT2D eigenvalue weighted by molar-refractivity contribution is -0.115. The monoisotopic (exact) mass is 442 g/mol. The number of rotatable bonds is 3. The number of furan rings is 1. The van der Waals surface area contributed by atoms with Crippen LogP contribution in [0.5, 0.6) is 0 Å². The number of amidine groups is 1. The van der Waals surface area contributed by atoms with Crippen molar-refractivity contribution in [1.82, 2.24) is 5.32 Å². The number of nitrogens with zero attached hydrogens (tertiary/aromatic N) is 1. The normalized spacial score (nSPS) is 16.6. The van der Waals surface area contributed by atoms with Crippen molar-refractivity contribution >= 4 is 57.8 Å². The SMILES string of the molecule is Cc1ccc(N=C2NC(=O)/C(=C\c3ccc(-c4cc(Cl)ccc4Cl)o3)S2)c(C)c1. The maximum Gasteiger partial charge on any atom is 0.264 e. The number of carbonyl (C=O) groups is 1. The molecule has 1 amide bonds. The topological polar surface area (TPSA) is 54.6 Å². The van der Waals surface area contributed by atoms with Crippen LogP contribution in [0.4, 0.5) is 5.69 Å². The number of aryl methyl sites for hydroxylation is 2. The van der Waals surface area contributed by atoms with Crippen LogP contribution in [0.25, 0.3) is 17.4 Å². The van der Waals surface area contributed by atoms with E-state index in [1.807, 2.05) is 26.0 Å². The van der Waals surface area contributed by atoms with Crippen molar-refractivity contribution < 1.29 is 9.21 Å². The van der Waals surface area contributed by atoms with Gasteiger partial charge in [-0.1, -0.05) is 40.9 Å². The van der Waals surface area contributed by atoms with Crippen molar-refractivity contribution in [3.05, 3.63) is 80.4 Å². The number of thioether (sulfide) groups is 1. The Bertz CT molecular complexity index is 1180. The number of benzene rings is 2. The Morgan fingerprint density at radius 1 is 1.07 bits per heavy atom. The molecule has 1 fully saturated rings. The molecule has 2 heterocycles.